The van der Waals surface area contributed by atoms with Gasteiger partial charge in [-0.2, -0.15) is 5.26 Å². The Kier molecular flexibility index (Phi) is 4.67. The molecule has 0 radical (unpaired) electrons. The highest BCUT2D eigenvalue weighted by Gasteiger charge is 2.47. The molecular weight excluding hydrogens is 310 g/mol. The molecule has 0 aliphatic heterocycles. The summed E-state index contributed by atoms with van der Waals surface area (Å²) in [6, 6.07) is 12.5. The standard InChI is InChI=1S/C21H23N3O/c1-12(2)15-5-7-16(8-6-15)17-10-18(17)20(25)19(11-22)21-23-13(3)9-14(4)24-21/h5-9,12,17-19H,10H2,1-4H3. The van der Waals surface area contributed by atoms with Crippen LogP contribution in [0, 0.1) is 31.1 Å². The predicted octanol–water partition coefficient (Wildman–Crippen LogP) is 4.20. The van der Waals surface area contributed by atoms with Crippen LogP contribution in [0.4, 0.5) is 0 Å². The lowest BCUT2D eigenvalue weighted by molar-refractivity contribution is -0.120. The van der Waals surface area contributed by atoms with Gasteiger partial charge in [0.25, 0.3) is 0 Å². The van der Waals surface area contributed by atoms with Crippen LogP contribution < -0.4 is 0 Å². The minimum atomic E-state index is -0.872. The molecule has 128 valence electrons. The summed E-state index contributed by atoms with van der Waals surface area (Å²) in [6.45, 7) is 8.04. The quantitative estimate of drug-likeness (QED) is 0.822. The molecule has 3 rings (SSSR count). The molecule has 3 atom stereocenters. The second-order valence-corrected chi connectivity index (χ2v) is 7.24. The van der Waals surface area contributed by atoms with Crippen molar-refractivity contribution in [2.75, 3.05) is 0 Å². The average molecular weight is 333 g/mol. The number of nitrogens with zero attached hydrogens (tertiary/aromatic N) is 3. The highest BCUT2D eigenvalue weighted by molar-refractivity contribution is 5.92. The number of hydrogen-bond acceptors (Lipinski definition) is 4. The normalized spacial score (nSPS) is 20.2. The Morgan fingerprint density at radius 2 is 1.76 bits per heavy atom. The first-order chi connectivity index (χ1) is 11.9. The zero-order valence-corrected chi connectivity index (χ0v) is 15.2. The minimum Gasteiger partial charge on any atom is -0.297 e. The summed E-state index contributed by atoms with van der Waals surface area (Å²) in [5.41, 5.74) is 4.05. The van der Waals surface area contributed by atoms with Crippen LogP contribution in [0.5, 0.6) is 0 Å². The van der Waals surface area contributed by atoms with Crippen LogP contribution in [-0.2, 0) is 4.79 Å². The van der Waals surface area contributed by atoms with E-state index in [1.54, 1.807) is 0 Å². The maximum absolute atomic E-state index is 12.8. The topological polar surface area (TPSA) is 66.6 Å². The molecule has 3 unspecified atom stereocenters. The van der Waals surface area contributed by atoms with E-state index in [9.17, 15) is 10.1 Å². The molecule has 1 saturated carbocycles. The third-order valence-corrected chi connectivity index (χ3v) is 4.86. The molecule has 0 amide bonds. The molecule has 25 heavy (non-hydrogen) atoms. The van der Waals surface area contributed by atoms with Gasteiger partial charge in [0.05, 0.1) is 6.07 Å². The zero-order chi connectivity index (χ0) is 18.1. The number of nitriles is 1. The van der Waals surface area contributed by atoms with Crippen molar-refractivity contribution < 1.29 is 4.79 Å². The Morgan fingerprint density at radius 1 is 1.16 bits per heavy atom. The number of aryl methyl sites for hydroxylation is 2. The first-order valence-electron chi connectivity index (χ1n) is 8.76. The largest absolute Gasteiger partial charge is 0.297 e. The summed E-state index contributed by atoms with van der Waals surface area (Å²) in [7, 11) is 0. The Balaban J connectivity index is 1.76. The van der Waals surface area contributed by atoms with E-state index in [0.717, 1.165) is 17.8 Å². The molecule has 4 nitrogen and oxygen atoms in total. The predicted molar refractivity (Wildman–Crippen MR) is 96.2 cm³/mol. The molecule has 0 N–H and O–H groups in total. The van der Waals surface area contributed by atoms with Gasteiger partial charge in [-0.05, 0) is 49.3 Å². The average Bonchev–Trinajstić information content (AvgIpc) is 3.35. The molecule has 0 saturated heterocycles. The number of carbonyl (C=O) groups excluding carboxylic acids is 1. The maximum atomic E-state index is 12.8. The lowest BCUT2D eigenvalue weighted by atomic mass is 9.96. The summed E-state index contributed by atoms with van der Waals surface area (Å²) in [6.07, 6.45) is 0.808. The van der Waals surface area contributed by atoms with Crippen LogP contribution in [-0.4, -0.2) is 15.8 Å². The maximum Gasteiger partial charge on any atom is 0.164 e. The molecule has 1 aliphatic rings. The molecule has 2 aromatic rings. The smallest absolute Gasteiger partial charge is 0.164 e. The number of hydrogen-bond donors (Lipinski definition) is 0. The summed E-state index contributed by atoms with van der Waals surface area (Å²) in [5.74, 6) is 0.0320. The van der Waals surface area contributed by atoms with Gasteiger partial charge in [-0.3, -0.25) is 4.79 Å². The number of ketones is 1. The van der Waals surface area contributed by atoms with Crippen molar-refractivity contribution >= 4 is 5.78 Å². The second kappa shape index (κ2) is 6.76. The van der Waals surface area contributed by atoms with Crippen LogP contribution in [0.25, 0.3) is 0 Å². The van der Waals surface area contributed by atoms with E-state index in [4.69, 9.17) is 0 Å². The van der Waals surface area contributed by atoms with Gasteiger partial charge in [-0.1, -0.05) is 38.1 Å². The molecule has 1 aromatic carbocycles. The van der Waals surface area contributed by atoms with Crippen molar-refractivity contribution in [1.82, 2.24) is 9.97 Å². The van der Waals surface area contributed by atoms with E-state index >= 15 is 0 Å². The molecule has 0 bridgehead atoms. The fraction of sp³-hybridized carbons (Fsp3) is 0.429. The van der Waals surface area contributed by atoms with E-state index in [1.807, 2.05) is 19.9 Å². The van der Waals surface area contributed by atoms with Crippen LogP contribution in [0.1, 0.15) is 66.4 Å². The number of rotatable bonds is 5. The van der Waals surface area contributed by atoms with Crippen LogP contribution >= 0.6 is 0 Å². The molecule has 4 heteroatoms. The summed E-state index contributed by atoms with van der Waals surface area (Å²) < 4.78 is 0. The lowest BCUT2D eigenvalue weighted by Gasteiger charge is -2.09. The van der Waals surface area contributed by atoms with Gasteiger partial charge in [0.15, 0.2) is 17.5 Å². The number of aromatic nitrogens is 2. The zero-order valence-electron chi connectivity index (χ0n) is 15.2. The van der Waals surface area contributed by atoms with Crippen molar-refractivity contribution in [3.05, 3.63) is 58.7 Å². The van der Waals surface area contributed by atoms with E-state index in [2.05, 4.69) is 54.2 Å². The van der Waals surface area contributed by atoms with E-state index in [0.29, 0.717) is 11.7 Å². The molecule has 1 fully saturated rings. The van der Waals surface area contributed by atoms with Crippen molar-refractivity contribution in [2.24, 2.45) is 5.92 Å². The first kappa shape index (κ1) is 17.3. The Hall–Kier alpha value is -2.54. The Morgan fingerprint density at radius 3 is 2.28 bits per heavy atom. The van der Waals surface area contributed by atoms with Gasteiger partial charge in [0.2, 0.25) is 0 Å². The fourth-order valence-electron chi connectivity index (χ4n) is 3.35. The van der Waals surface area contributed by atoms with Crippen LogP contribution in [0.3, 0.4) is 0 Å². The summed E-state index contributed by atoms with van der Waals surface area (Å²) in [5, 5.41) is 9.51. The summed E-state index contributed by atoms with van der Waals surface area (Å²) >= 11 is 0. The highest BCUT2D eigenvalue weighted by atomic mass is 16.1. The second-order valence-electron chi connectivity index (χ2n) is 7.24. The fourth-order valence-corrected chi connectivity index (χ4v) is 3.35. The van der Waals surface area contributed by atoms with Crippen LogP contribution in [0.2, 0.25) is 0 Å². The lowest BCUT2D eigenvalue weighted by Crippen LogP contribution is -2.17. The third kappa shape index (κ3) is 3.61. The van der Waals surface area contributed by atoms with E-state index in [1.165, 1.54) is 11.1 Å². The SMILES string of the molecule is Cc1cc(C)nc(C(C#N)C(=O)C2CC2c2ccc(C(C)C)cc2)n1. The molecule has 1 heterocycles. The van der Waals surface area contributed by atoms with Crippen molar-refractivity contribution in [3.8, 4) is 6.07 Å². The molecular formula is C21H23N3O. The Labute approximate surface area is 148 Å². The van der Waals surface area contributed by atoms with Gasteiger partial charge >= 0.3 is 0 Å². The third-order valence-electron chi connectivity index (χ3n) is 4.86. The van der Waals surface area contributed by atoms with Crippen LogP contribution in [0.15, 0.2) is 30.3 Å². The minimum absolute atomic E-state index is 0.0505. The number of Topliss-reactive ketones (excluding diaryl/α,β-unsaturated/α-hetero) is 1. The van der Waals surface area contributed by atoms with Crippen molar-refractivity contribution in [1.29, 1.82) is 5.26 Å². The molecule has 0 spiro atoms. The van der Waals surface area contributed by atoms with Gasteiger partial charge < -0.3 is 0 Å². The van der Waals surface area contributed by atoms with Gasteiger partial charge in [0, 0.05) is 17.3 Å². The van der Waals surface area contributed by atoms with Gasteiger partial charge in [0.1, 0.15) is 0 Å². The van der Waals surface area contributed by atoms with E-state index < -0.39 is 5.92 Å². The number of carbonyl (C=O) groups is 1. The first-order valence-corrected chi connectivity index (χ1v) is 8.76. The van der Waals surface area contributed by atoms with Crippen molar-refractivity contribution in [2.45, 2.75) is 51.9 Å². The monoisotopic (exact) mass is 333 g/mol. The molecule has 1 aromatic heterocycles. The van der Waals surface area contributed by atoms with Gasteiger partial charge in [-0.15, -0.1) is 0 Å². The van der Waals surface area contributed by atoms with Gasteiger partial charge in [-0.25, -0.2) is 9.97 Å². The number of benzene rings is 1. The van der Waals surface area contributed by atoms with E-state index in [-0.39, 0.29) is 17.6 Å². The van der Waals surface area contributed by atoms with Crippen molar-refractivity contribution in [3.63, 3.8) is 0 Å². The summed E-state index contributed by atoms with van der Waals surface area (Å²) in [4.78, 5) is 21.4. The molecule has 1 aliphatic carbocycles. The Bertz CT molecular complexity index is 813. The highest BCUT2D eigenvalue weighted by Crippen LogP contribution is 2.50.